The zero-order valence-corrected chi connectivity index (χ0v) is 12.6. The van der Waals surface area contributed by atoms with E-state index < -0.39 is 5.97 Å². The number of nitrogens with one attached hydrogen (secondary N) is 1. The molecule has 0 saturated carbocycles. The van der Waals surface area contributed by atoms with Crippen LogP contribution in [0.15, 0.2) is 0 Å². The molecule has 1 N–H and O–H groups in total. The van der Waals surface area contributed by atoms with E-state index in [0.717, 1.165) is 31.2 Å². The number of ether oxygens (including phenoxy) is 1. The number of ketones is 1. The van der Waals surface area contributed by atoms with Crippen molar-refractivity contribution >= 4 is 23.1 Å². The average molecular weight is 297 g/mol. The Balaban J connectivity index is 2.15. The van der Waals surface area contributed by atoms with Crippen LogP contribution in [0.5, 0.6) is 0 Å². The second-order valence-electron chi connectivity index (χ2n) is 4.59. The lowest BCUT2D eigenvalue weighted by atomic mass is 10.3. The summed E-state index contributed by atoms with van der Waals surface area (Å²) in [5, 5.41) is 4.08. The van der Waals surface area contributed by atoms with Crippen LogP contribution < -0.4 is 5.32 Å². The second kappa shape index (κ2) is 6.92. The highest BCUT2D eigenvalue weighted by atomic mass is 32.1. The monoisotopic (exact) mass is 297 g/mol. The summed E-state index contributed by atoms with van der Waals surface area (Å²) in [7, 11) is 0. The van der Waals surface area contributed by atoms with E-state index in [-0.39, 0.29) is 18.1 Å². The minimum atomic E-state index is -0.513. The summed E-state index contributed by atoms with van der Waals surface area (Å²) in [4.78, 5) is 30.4. The minimum Gasteiger partial charge on any atom is -0.461 e. The summed E-state index contributed by atoms with van der Waals surface area (Å²) in [5.41, 5.74) is 0.162. The van der Waals surface area contributed by atoms with Crippen molar-refractivity contribution < 1.29 is 14.3 Å². The first-order valence-electron chi connectivity index (χ1n) is 6.72. The van der Waals surface area contributed by atoms with Crippen LogP contribution in [0.3, 0.4) is 0 Å². The quantitative estimate of drug-likeness (QED) is 0.644. The zero-order chi connectivity index (χ0) is 14.5. The van der Waals surface area contributed by atoms with Gasteiger partial charge in [0.15, 0.2) is 11.5 Å². The van der Waals surface area contributed by atoms with E-state index in [2.05, 4.69) is 15.2 Å². The summed E-state index contributed by atoms with van der Waals surface area (Å²) >= 11 is 1.29. The van der Waals surface area contributed by atoms with Crippen molar-refractivity contribution in [3.63, 3.8) is 0 Å². The van der Waals surface area contributed by atoms with Crippen molar-refractivity contribution in [2.75, 3.05) is 32.8 Å². The largest absolute Gasteiger partial charge is 0.461 e. The first-order chi connectivity index (χ1) is 9.61. The molecule has 0 unspecified atom stereocenters. The molecule has 0 aliphatic carbocycles. The Hall–Kier alpha value is -1.31. The van der Waals surface area contributed by atoms with Crippen molar-refractivity contribution in [3.05, 3.63) is 15.6 Å². The maximum absolute atomic E-state index is 11.8. The summed E-state index contributed by atoms with van der Waals surface area (Å²) in [5.74, 6) is -0.655. The molecule has 0 radical (unpaired) electrons. The molecule has 0 amide bonds. The minimum absolute atomic E-state index is 0.142. The van der Waals surface area contributed by atoms with Gasteiger partial charge in [-0.25, -0.2) is 9.78 Å². The standard InChI is InChI=1S/C13H19N3O3S/c1-3-19-13(18)11-12(9(2)17)20-10(15-11)8-16-6-4-14-5-7-16/h14H,3-8H2,1-2H3. The van der Waals surface area contributed by atoms with Gasteiger partial charge in [0.05, 0.1) is 13.2 Å². The maximum Gasteiger partial charge on any atom is 0.358 e. The van der Waals surface area contributed by atoms with Crippen LogP contribution >= 0.6 is 11.3 Å². The zero-order valence-electron chi connectivity index (χ0n) is 11.8. The molecule has 1 fully saturated rings. The molecule has 1 aromatic heterocycles. The smallest absolute Gasteiger partial charge is 0.358 e. The Morgan fingerprint density at radius 3 is 2.70 bits per heavy atom. The highest BCUT2D eigenvalue weighted by Crippen LogP contribution is 2.21. The van der Waals surface area contributed by atoms with Crippen LogP contribution in [-0.4, -0.2) is 54.4 Å². The molecular formula is C13H19N3O3S. The van der Waals surface area contributed by atoms with Gasteiger partial charge in [-0.3, -0.25) is 9.69 Å². The molecule has 6 nitrogen and oxygen atoms in total. The van der Waals surface area contributed by atoms with Gasteiger partial charge in [0.25, 0.3) is 0 Å². The number of carbonyl (C=O) groups is 2. The summed E-state index contributed by atoms with van der Waals surface area (Å²) < 4.78 is 4.95. The molecule has 110 valence electrons. The molecule has 2 rings (SSSR count). The van der Waals surface area contributed by atoms with Gasteiger partial charge < -0.3 is 10.1 Å². The number of Topliss-reactive ketones (excluding diaryl/α,β-unsaturated/α-hetero) is 1. The number of carbonyl (C=O) groups excluding carboxylic acids is 2. The predicted octanol–water partition coefficient (Wildman–Crippen LogP) is 0.928. The number of esters is 1. The number of thiazole rings is 1. The van der Waals surface area contributed by atoms with E-state index in [1.807, 2.05) is 0 Å². The number of aromatic nitrogens is 1. The molecule has 0 bridgehead atoms. The van der Waals surface area contributed by atoms with E-state index in [1.54, 1.807) is 6.92 Å². The van der Waals surface area contributed by atoms with Crippen molar-refractivity contribution in [3.8, 4) is 0 Å². The molecule has 1 saturated heterocycles. The van der Waals surface area contributed by atoms with Gasteiger partial charge in [-0.15, -0.1) is 11.3 Å². The Kier molecular flexibility index (Phi) is 5.22. The fourth-order valence-electron chi connectivity index (χ4n) is 2.07. The van der Waals surface area contributed by atoms with Gasteiger partial charge in [-0.05, 0) is 6.92 Å². The Morgan fingerprint density at radius 1 is 1.40 bits per heavy atom. The van der Waals surface area contributed by atoms with Crippen molar-refractivity contribution in [2.24, 2.45) is 0 Å². The topological polar surface area (TPSA) is 71.5 Å². The summed E-state index contributed by atoms with van der Waals surface area (Å²) in [6.07, 6.45) is 0. The van der Waals surface area contributed by atoms with Gasteiger partial charge >= 0.3 is 5.97 Å². The molecule has 2 heterocycles. The van der Waals surface area contributed by atoms with E-state index in [1.165, 1.54) is 18.3 Å². The third-order valence-electron chi connectivity index (χ3n) is 3.03. The van der Waals surface area contributed by atoms with Crippen LogP contribution in [0, 0.1) is 0 Å². The molecule has 7 heteroatoms. The van der Waals surface area contributed by atoms with E-state index in [0.29, 0.717) is 11.4 Å². The van der Waals surface area contributed by atoms with E-state index >= 15 is 0 Å². The second-order valence-corrected chi connectivity index (χ2v) is 5.67. The van der Waals surface area contributed by atoms with Gasteiger partial charge in [0.2, 0.25) is 0 Å². The fraction of sp³-hybridized carbons (Fsp3) is 0.615. The number of piperazine rings is 1. The molecule has 1 aliphatic rings. The van der Waals surface area contributed by atoms with Gasteiger partial charge in [-0.2, -0.15) is 0 Å². The van der Waals surface area contributed by atoms with Crippen molar-refractivity contribution in [1.29, 1.82) is 0 Å². The highest BCUT2D eigenvalue weighted by Gasteiger charge is 2.23. The molecule has 0 spiro atoms. The van der Waals surface area contributed by atoms with Crippen molar-refractivity contribution in [1.82, 2.24) is 15.2 Å². The summed E-state index contributed by atoms with van der Waals surface area (Å²) in [6, 6.07) is 0. The molecule has 0 aromatic carbocycles. The fourth-order valence-corrected chi connectivity index (χ4v) is 3.06. The highest BCUT2D eigenvalue weighted by molar-refractivity contribution is 7.14. The number of hydrogen-bond acceptors (Lipinski definition) is 7. The van der Waals surface area contributed by atoms with E-state index in [4.69, 9.17) is 4.74 Å². The number of nitrogens with zero attached hydrogens (tertiary/aromatic N) is 2. The third kappa shape index (κ3) is 3.62. The van der Waals surface area contributed by atoms with Crippen LogP contribution in [0.1, 0.15) is 39.0 Å². The molecule has 20 heavy (non-hydrogen) atoms. The number of hydrogen-bond donors (Lipinski definition) is 1. The molecular weight excluding hydrogens is 278 g/mol. The third-order valence-corrected chi connectivity index (χ3v) is 4.17. The van der Waals surface area contributed by atoms with Crippen LogP contribution in [0.4, 0.5) is 0 Å². The number of rotatable bonds is 5. The first kappa shape index (κ1) is 15.1. The normalized spacial score (nSPS) is 16.1. The SMILES string of the molecule is CCOC(=O)c1nc(CN2CCNCC2)sc1C(C)=O. The van der Waals surface area contributed by atoms with E-state index in [9.17, 15) is 9.59 Å². The average Bonchev–Trinajstić information content (AvgIpc) is 2.84. The lowest BCUT2D eigenvalue weighted by molar-refractivity contribution is 0.0517. The first-order valence-corrected chi connectivity index (χ1v) is 7.54. The van der Waals surface area contributed by atoms with Gasteiger partial charge in [0.1, 0.15) is 9.88 Å². The maximum atomic E-state index is 11.8. The Labute approximate surface area is 122 Å². The van der Waals surface area contributed by atoms with Gasteiger partial charge in [0, 0.05) is 33.1 Å². The summed E-state index contributed by atoms with van der Waals surface area (Å²) in [6.45, 7) is 7.94. The Bertz CT molecular complexity index is 495. The lowest BCUT2D eigenvalue weighted by Gasteiger charge is -2.26. The molecule has 1 aromatic rings. The molecule has 0 atom stereocenters. The Morgan fingerprint density at radius 2 is 2.10 bits per heavy atom. The lowest BCUT2D eigenvalue weighted by Crippen LogP contribution is -2.42. The van der Waals surface area contributed by atoms with Crippen LogP contribution in [0.25, 0.3) is 0 Å². The van der Waals surface area contributed by atoms with Crippen LogP contribution in [0.2, 0.25) is 0 Å². The predicted molar refractivity (Wildman–Crippen MR) is 76.2 cm³/mol. The molecule has 1 aliphatic heterocycles. The van der Waals surface area contributed by atoms with Crippen LogP contribution in [-0.2, 0) is 11.3 Å². The van der Waals surface area contributed by atoms with Crippen molar-refractivity contribution in [2.45, 2.75) is 20.4 Å². The van der Waals surface area contributed by atoms with Gasteiger partial charge in [-0.1, -0.05) is 0 Å².